The zero-order valence-corrected chi connectivity index (χ0v) is 22.9. The number of fused-ring (bicyclic) bond motifs is 1. The Hall–Kier alpha value is -3.42. The molecule has 0 aromatic heterocycles. The first-order chi connectivity index (χ1) is 18.2. The second kappa shape index (κ2) is 13.9. The Labute approximate surface area is 225 Å². The Bertz CT molecular complexity index is 1130. The average Bonchev–Trinajstić information content (AvgIpc) is 2.90. The van der Waals surface area contributed by atoms with E-state index < -0.39 is 42.0 Å². The molecule has 5 atom stereocenters. The molecule has 8 heteroatoms. The molecule has 3 rings (SSSR count). The fourth-order valence-corrected chi connectivity index (χ4v) is 4.66. The molecular weight excluding hydrogens is 482 g/mol. The summed E-state index contributed by atoms with van der Waals surface area (Å²) in [5.74, 6) is -2.02. The van der Waals surface area contributed by atoms with Crippen molar-refractivity contribution in [2.24, 2.45) is 5.92 Å². The maximum absolute atomic E-state index is 13.3. The molecule has 8 nitrogen and oxygen atoms in total. The van der Waals surface area contributed by atoms with Gasteiger partial charge in [-0.3, -0.25) is 14.4 Å². The quantitative estimate of drug-likeness (QED) is 0.360. The number of hydrogen-bond acceptors (Lipinski definition) is 5. The van der Waals surface area contributed by atoms with Crippen LogP contribution in [0, 0.1) is 5.92 Å². The SMILES string of the molecule is CCCCCC1CC(=O)NC(Cc2ccc3ccccc3c2)C(=O)NC(C)C(=O)NC(C(C)CC)C(=O)O1. The van der Waals surface area contributed by atoms with Crippen LogP contribution in [0.1, 0.15) is 71.8 Å². The molecule has 1 saturated heterocycles. The van der Waals surface area contributed by atoms with Crippen LogP contribution in [-0.4, -0.2) is 47.9 Å². The first-order valence-electron chi connectivity index (χ1n) is 13.8. The molecule has 0 bridgehead atoms. The van der Waals surface area contributed by atoms with Crippen molar-refractivity contribution in [2.75, 3.05) is 0 Å². The molecule has 2 aromatic carbocycles. The van der Waals surface area contributed by atoms with Gasteiger partial charge in [-0.1, -0.05) is 82.5 Å². The van der Waals surface area contributed by atoms with Crippen LogP contribution in [0.2, 0.25) is 0 Å². The fourth-order valence-electron chi connectivity index (χ4n) is 4.66. The summed E-state index contributed by atoms with van der Waals surface area (Å²) in [4.78, 5) is 52.6. The first kappa shape index (κ1) is 29.1. The Morgan fingerprint density at radius 2 is 1.66 bits per heavy atom. The number of ether oxygens (including phenoxy) is 1. The van der Waals surface area contributed by atoms with Crippen LogP contribution in [0.5, 0.6) is 0 Å². The van der Waals surface area contributed by atoms with Crippen molar-refractivity contribution >= 4 is 34.5 Å². The third kappa shape index (κ3) is 8.04. The number of carbonyl (C=O) groups is 4. The van der Waals surface area contributed by atoms with E-state index in [0.717, 1.165) is 35.6 Å². The third-order valence-corrected chi connectivity index (χ3v) is 7.25. The lowest BCUT2D eigenvalue weighted by molar-refractivity contribution is -0.156. The number of nitrogens with one attached hydrogen (secondary N) is 3. The molecule has 5 unspecified atom stereocenters. The van der Waals surface area contributed by atoms with Crippen molar-refractivity contribution in [3.63, 3.8) is 0 Å². The number of hydrogen-bond donors (Lipinski definition) is 3. The van der Waals surface area contributed by atoms with E-state index in [0.29, 0.717) is 12.8 Å². The van der Waals surface area contributed by atoms with Crippen LogP contribution < -0.4 is 16.0 Å². The summed E-state index contributed by atoms with van der Waals surface area (Å²) in [7, 11) is 0. The van der Waals surface area contributed by atoms with Crippen molar-refractivity contribution in [2.45, 2.75) is 96.9 Å². The zero-order chi connectivity index (χ0) is 27.7. The summed E-state index contributed by atoms with van der Waals surface area (Å²) >= 11 is 0. The fraction of sp³-hybridized carbons (Fsp3) is 0.533. The van der Waals surface area contributed by atoms with E-state index in [-0.39, 0.29) is 24.7 Å². The summed E-state index contributed by atoms with van der Waals surface area (Å²) < 4.78 is 5.81. The molecule has 3 amide bonds. The van der Waals surface area contributed by atoms with Gasteiger partial charge in [0.15, 0.2) is 0 Å². The number of amides is 3. The second-order valence-electron chi connectivity index (χ2n) is 10.4. The molecule has 3 N–H and O–H groups in total. The van der Waals surface area contributed by atoms with E-state index in [9.17, 15) is 19.2 Å². The third-order valence-electron chi connectivity index (χ3n) is 7.25. The van der Waals surface area contributed by atoms with Gasteiger partial charge < -0.3 is 20.7 Å². The smallest absolute Gasteiger partial charge is 0.329 e. The van der Waals surface area contributed by atoms with Crippen LogP contribution >= 0.6 is 0 Å². The highest BCUT2D eigenvalue weighted by Crippen LogP contribution is 2.19. The lowest BCUT2D eigenvalue weighted by Crippen LogP contribution is -2.55. The van der Waals surface area contributed by atoms with Crippen molar-refractivity contribution in [3.05, 3.63) is 48.0 Å². The Balaban J connectivity index is 1.88. The highest BCUT2D eigenvalue weighted by atomic mass is 16.5. The summed E-state index contributed by atoms with van der Waals surface area (Å²) in [5.41, 5.74) is 0.883. The number of esters is 1. The second-order valence-corrected chi connectivity index (χ2v) is 10.4. The number of unbranched alkanes of at least 4 members (excludes halogenated alkanes) is 2. The van der Waals surface area contributed by atoms with Crippen LogP contribution in [0.15, 0.2) is 42.5 Å². The van der Waals surface area contributed by atoms with E-state index in [4.69, 9.17) is 4.74 Å². The van der Waals surface area contributed by atoms with E-state index in [1.54, 1.807) is 6.92 Å². The van der Waals surface area contributed by atoms with Crippen LogP contribution in [0.3, 0.4) is 0 Å². The molecule has 0 aliphatic carbocycles. The van der Waals surface area contributed by atoms with Gasteiger partial charge in [0.05, 0.1) is 6.42 Å². The van der Waals surface area contributed by atoms with Crippen LogP contribution in [0.4, 0.5) is 0 Å². The Morgan fingerprint density at radius 1 is 0.921 bits per heavy atom. The first-order valence-corrected chi connectivity index (χ1v) is 13.8. The van der Waals surface area contributed by atoms with Crippen molar-refractivity contribution in [1.29, 1.82) is 0 Å². The van der Waals surface area contributed by atoms with E-state index in [1.807, 2.05) is 56.3 Å². The molecule has 0 radical (unpaired) electrons. The van der Waals surface area contributed by atoms with Gasteiger partial charge in [-0.2, -0.15) is 0 Å². The number of cyclic esters (lactones) is 1. The van der Waals surface area contributed by atoms with Crippen molar-refractivity contribution in [3.8, 4) is 0 Å². The highest BCUT2D eigenvalue weighted by molar-refractivity contribution is 5.94. The zero-order valence-electron chi connectivity index (χ0n) is 22.9. The van der Waals surface area contributed by atoms with Gasteiger partial charge in [0.2, 0.25) is 17.7 Å². The van der Waals surface area contributed by atoms with E-state index >= 15 is 0 Å². The molecule has 0 saturated carbocycles. The number of carbonyl (C=O) groups excluding carboxylic acids is 4. The monoisotopic (exact) mass is 523 g/mol. The largest absolute Gasteiger partial charge is 0.460 e. The molecular formula is C30H41N3O5. The topological polar surface area (TPSA) is 114 Å². The minimum atomic E-state index is -0.904. The van der Waals surface area contributed by atoms with Crippen LogP contribution in [0.25, 0.3) is 10.8 Å². The standard InChI is InChI=1S/C30H41N3O5/c1-5-7-8-13-24-18-26(34)32-25(17-21-14-15-22-11-9-10-12-23(22)16-21)29(36)31-20(4)28(35)33-27(19(3)6-2)30(37)38-24/h9-12,14-16,19-20,24-25,27H,5-8,13,17-18H2,1-4H3,(H,31,36)(H,32,34)(H,33,35). The van der Waals surface area contributed by atoms with Gasteiger partial charge >= 0.3 is 5.97 Å². The van der Waals surface area contributed by atoms with Gasteiger partial charge in [-0.25, -0.2) is 4.79 Å². The van der Waals surface area contributed by atoms with E-state index in [2.05, 4.69) is 22.9 Å². The molecule has 2 aromatic rings. The maximum atomic E-state index is 13.3. The predicted octanol–water partition coefficient (Wildman–Crippen LogP) is 3.80. The van der Waals surface area contributed by atoms with Gasteiger partial charge in [-0.15, -0.1) is 0 Å². The van der Waals surface area contributed by atoms with Crippen molar-refractivity contribution < 1.29 is 23.9 Å². The number of rotatable bonds is 8. The summed E-state index contributed by atoms with van der Waals surface area (Å²) in [6.45, 7) is 7.44. The lowest BCUT2D eigenvalue weighted by atomic mass is 9.98. The van der Waals surface area contributed by atoms with Gasteiger partial charge in [0.1, 0.15) is 24.2 Å². The van der Waals surface area contributed by atoms with Gasteiger partial charge in [0.25, 0.3) is 0 Å². The molecule has 1 heterocycles. The van der Waals surface area contributed by atoms with Gasteiger partial charge in [0, 0.05) is 6.42 Å². The normalized spacial score (nSPS) is 24.2. The summed E-state index contributed by atoms with van der Waals surface area (Å²) in [5, 5.41) is 10.5. The predicted molar refractivity (Wildman–Crippen MR) is 147 cm³/mol. The number of benzene rings is 2. The van der Waals surface area contributed by atoms with Gasteiger partial charge in [-0.05, 0) is 42.0 Å². The Kier molecular flexibility index (Phi) is 10.7. The summed E-state index contributed by atoms with van der Waals surface area (Å²) in [6.07, 6.45) is 3.50. The van der Waals surface area contributed by atoms with Crippen molar-refractivity contribution in [1.82, 2.24) is 16.0 Å². The lowest BCUT2D eigenvalue weighted by Gasteiger charge is -2.26. The Morgan fingerprint density at radius 3 is 2.37 bits per heavy atom. The molecule has 38 heavy (non-hydrogen) atoms. The molecule has 1 aliphatic heterocycles. The molecule has 0 spiro atoms. The maximum Gasteiger partial charge on any atom is 0.329 e. The van der Waals surface area contributed by atoms with E-state index in [1.165, 1.54) is 0 Å². The minimum Gasteiger partial charge on any atom is -0.460 e. The summed E-state index contributed by atoms with van der Waals surface area (Å²) in [6, 6.07) is 11.2. The average molecular weight is 524 g/mol. The molecule has 1 fully saturated rings. The molecule has 206 valence electrons. The highest BCUT2D eigenvalue weighted by Gasteiger charge is 2.33. The molecule has 1 aliphatic rings. The van der Waals surface area contributed by atoms with Crippen LogP contribution in [-0.2, 0) is 30.3 Å². The minimum absolute atomic E-state index is 0.0479.